The van der Waals surface area contributed by atoms with E-state index >= 15 is 0 Å². The van der Waals surface area contributed by atoms with E-state index in [0.717, 1.165) is 37.7 Å². The smallest absolute Gasteiger partial charge is 0.370 e. The second kappa shape index (κ2) is 7.13. The largest absolute Gasteiger partial charge is 0.418 e. The first-order chi connectivity index (χ1) is 11.9. The van der Waals surface area contributed by atoms with Gasteiger partial charge in [-0.15, -0.1) is 0 Å². The average molecular weight is 349 g/mol. The molecule has 1 aromatic heterocycles. The lowest BCUT2D eigenvalue weighted by Crippen LogP contribution is -2.29. The zero-order valence-electron chi connectivity index (χ0n) is 13.5. The summed E-state index contributed by atoms with van der Waals surface area (Å²) in [5, 5.41) is 2.35. The van der Waals surface area contributed by atoms with Crippen LogP contribution in [0.2, 0.25) is 0 Å². The Kier molecular flexibility index (Phi) is 4.92. The van der Waals surface area contributed by atoms with Gasteiger partial charge in [-0.05, 0) is 37.5 Å². The summed E-state index contributed by atoms with van der Waals surface area (Å²) in [5.41, 5.74) is -0.0802. The van der Waals surface area contributed by atoms with Crippen molar-refractivity contribution in [1.29, 1.82) is 0 Å². The molecule has 0 saturated carbocycles. The molecule has 0 radical (unpaired) electrons. The van der Waals surface area contributed by atoms with Crippen LogP contribution in [0.3, 0.4) is 0 Å². The van der Waals surface area contributed by atoms with Crippen molar-refractivity contribution >= 4 is 17.3 Å². The first kappa shape index (κ1) is 17.3. The van der Waals surface area contributed by atoms with Gasteiger partial charge in [0.15, 0.2) is 0 Å². The fourth-order valence-electron chi connectivity index (χ4n) is 2.91. The fourth-order valence-corrected chi connectivity index (χ4v) is 2.91. The Morgan fingerprint density at radius 3 is 2.52 bits per heavy atom. The number of alkyl halides is 3. The number of hydrogen-bond acceptors (Lipinski definition) is 3. The Morgan fingerprint density at radius 1 is 1.08 bits per heavy atom. The minimum atomic E-state index is -4.53. The van der Waals surface area contributed by atoms with Gasteiger partial charge < -0.3 is 10.2 Å². The molecule has 1 saturated heterocycles. The fraction of sp³-hybridized carbons (Fsp3) is 0.333. The Hall–Kier alpha value is -2.57. The molecule has 0 spiro atoms. The van der Waals surface area contributed by atoms with Crippen LogP contribution in [-0.4, -0.2) is 24.0 Å². The monoisotopic (exact) mass is 349 g/mol. The highest BCUT2D eigenvalue weighted by molar-refractivity contribution is 6.05. The van der Waals surface area contributed by atoms with Crippen LogP contribution in [0.15, 0.2) is 42.7 Å². The molecule has 4 nitrogen and oxygen atoms in total. The standard InChI is InChI=1S/C18H18F3N3O/c19-18(20,21)15-6-2-3-7-16(15)23-17(25)13-10-14(12-22-11-13)24-8-4-1-5-9-24/h2-3,6-7,10-12H,1,4-5,8-9H2,(H,23,25). The number of nitrogens with zero attached hydrogens (tertiary/aromatic N) is 2. The number of aromatic nitrogens is 1. The van der Waals surface area contributed by atoms with Gasteiger partial charge in [-0.25, -0.2) is 0 Å². The quantitative estimate of drug-likeness (QED) is 0.896. The highest BCUT2D eigenvalue weighted by Crippen LogP contribution is 2.34. The molecule has 1 amide bonds. The summed E-state index contributed by atoms with van der Waals surface area (Å²) in [4.78, 5) is 18.6. The number of amides is 1. The van der Waals surface area contributed by atoms with E-state index in [2.05, 4.69) is 15.2 Å². The Balaban J connectivity index is 1.80. The number of carbonyl (C=O) groups excluding carboxylic acids is 1. The van der Waals surface area contributed by atoms with E-state index in [9.17, 15) is 18.0 Å². The summed E-state index contributed by atoms with van der Waals surface area (Å²) >= 11 is 0. The molecule has 1 aromatic carbocycles. The molecular weight excluding hydrogens is 331 g/mol. The summed E-state index contributed by atoms with van der Waals surface area (Å²) < 4.78 is 39.1. The lowest BCUT2D eigenvalue weighted by molar-refractivity contribution is -0.136. The molecule has 7 heteroatoms. The van der Waals surface area contributed by atoms with Crippen LogP contribution in [0.25, 0.3) is 0 Å². The number of halogens is 3. The van der Waals surface area contributed by atoms with Gasteiger partial charge >= 0.3 is 6.18 Å². The lowest BCUT2D eigenvalue weighted by Gasteiger charge is -2.28. The van der Waals surface area contributed by atoms with E-state index in [4.69, 9.17) is 0 Å². The van der Waals surface area contributed by atoms with E-state index in [1.54, 1.807) is 12.3 Å². The van der Waals surface area contributed by atoms with E-state index in [-0.39, 0.29) is 11.3 Å². The topological polar surface area (TPSA) is 45.2 Å². The minimum Gasteiger partial charge on any atom is -0.370 e. The zero-order valence-corrected chi connectivity index (χ0v) is 13.5. The van der Waals surface area contributed by atoms with Crippen molar-refractivity contribution in [2.24, 2.45) is 0 Å². The molecule has 1 aliphatic heterocycles. The number of hydrogen-bond donors (Lipinski definition) is 1. The number of nitrogens with one attached hydrogen (secondary N) is 1. The van der Waals surface area contributed by atoms with Gasteiger partial charge in [0, 0.05) is 19.3 Å². The number of benzene rings is 1. The summed E-state index contributed by atoms with van der Waals surface area (Å²) in [6.07, 6.45) is 1.84. The third-order valence-corrected chi connectivity index (χ3v) is 4.19. The van der Waals surface area contributed by atoms with Crippen LogP contribution < -0.4 is 10.2 Å². The van der Waals surface area contributed by atoms with Gasteiger partial charge in [-0.3, -0.25) is 9.78 Å². The molecule has 0 atom stereocenters. The van der Waals surface area contributed by atoms with E-state index < -0.39 is 17.6 Å². The molecule has 0 bridgehead atoms. The van der Waals surface area contributed by atoms with Crippen LogP contribution in [0.5, 0.6) is 0 Å². The zero-order chi connectivity index (χ0) is 17.9. The molecule has 132 valence electrons. The van der Waals surface area contributed by atoms with Crippen molar-refractivity contribution in [3.8, 4) is 0 Å². The molecule has 3 rings (SSSR count). The SMILES string of the molecule is O=C(Nc1ccccc1C(F)(F)F)c1cncc(N2CCCCC2)c1. The van der Waals surface area contributed by atoms with Crippen LogP contribution in [-0.2, 0) is 6.18 Å². The molecule has 1 fully saturated rings. The predicted molar refractivity (Wildman–Crippen MR) is 89.7 cm³/mol. The van der Waals surface area contributed by atoms with Crippen LogP contribution in [0.4, 0.5) is 24.5 Å². The number of carbonyl (C=O) groups is 1. The van der Waals surface area contributed by atoms with Gasteiger partial charge in [0.2, 0.25) is 0 Å². The highest BCUT2D eigenvalue weighted by atomic mass is 19.4. The maximum Gasteiger partial charge on any atom is 0.418 e. The molecule has 0 unspecified atom stereocenters. The first-order valence-electron chi connectivity index (χ1n) is 8.13. The summed E-state index contributed by atoms with van der Waals surface area (Å²) in [5.74, 6) is -0.608. The normalized spacial score (nSPS) is 15.1. The van der Waals surface area contributed by atoms with Gasteiger partial charge in [0.1, 0.15) is 0 Å². The molecule has 25 heavy (non-hydrogen) atoms. The van der Waals surface area contributed by atoms with Gasteiger partial charge in [-0.2, -0.15) is 13.2 Å². The second-order valence-electron chi connectivity index (χ2n) is 5.98. The number of para-hydroxylation sites is 1. The van der Waals surface area contributed by atoms with Crippen LogP contribution in [0.1, 0.15) is 35.2 Å². The van der Waals surface area contributed by atoms with Crippen molar-refractivity contribution in [2.75, 3.05) is 23.3 Å². The molecular formula is C18H18F3N3O. The third kappa shape index (κ3) is 4.10. The summed E-state index contributed by atoms with van der Waals surface area (Å²) in [6.45, 7) is 1.79. The maximum atomic E-state index is 13.0. The van der Waals surface area contributed by atoms with Gasteiger partial charge in [0.05, 0.1) is 28.7 Å². The molecule has 1 N–H and O–H groups in total. The van der Waals surface area contributed by atoms with Gasteiger partial charge in [-0.1, -0.05) is 12.1 Å². The molecule has 2 heterocycles. The predicted octanol–water partition coefficient (Wildman–Crippen LogP) is 4.34. The maximum absolute atomic E-state index is 13.0. The first-order valence-corrected chi connectivity index (χ1v) is 8.13. The van der Waals surface area contributed by atoms with Crippen LogP contribution in [0, 0.1) is 0 Å². The van der Waals surface area contributed by atoms with Crippen molar-refractivity contribution in [2.45, 2.75) is 25.4 Å². The Bertz CT molecular complexity index is 755. The Morgan fingerprint density at radius 2 is 1.80 bits per heavy atom. The van der Waals surface area contributed by atoms with E-state index in [0.29, 0.717) is 0 Å². The summed E-state index contributed by atoms with van der Waals surface area (Å²) in [7, 11) is 0. The average Bonchev–Trinajstić information content (AvgIpc) is 2.62. The second-order valence-corrected chi connectivity index (χ2v) is 5.98. The summed E-state index contributed by atoms with van der Waals surface area (Å²) in [6, 6.07) is 6.59. The Labute approximate surface area is 143 Å². The third-order valence-electron chi connectivity index (χ3n) is 4.19. The molecule has 1 aliphatic rings. The molecule has 2 aromatic rings. The van der Waals surface area contributed by atoms with E-state index in [1.807, 2.05) is 0 Å². The van der Waals surface area contributed by atoms with Crippen LogP contribution >= 0.6 is 0 Å². The number of pyridine rings is 1. The van der Waals surface area contributed by atoms with Crippen molar-refractivity contribution in [3.05, 3.63) is 53.9 Å². The van der Waals surface area contributed by atoms with Crippen molar-refractivity contribution in [1.82, 2.24) is 4.98 Å². The van der Waals surface area contributed by atoms with Gasteiger partial charge in [0.25, 0.3) is 5.91 Å². The molecule has 0 aliphatic carbocycles. The van der Waals surface area contributed by atoms with Crippen molar-refractivity contribution in [3.63, 3.8) is 0 Å². The van der Waals surface area contributed by atoms with E-state index in [1.165, 1.54) is 30.8 Å². The number of rotatable bonds is 3. The minimum absolute atomic E-state index is 0.236. The van der Waals surface area contributed by atoms with Crippen molar-refractivity contribution < 1.29 is 18.0 Å². The highest BCUT2D eigenvalue weighted by Gasteiger charge is 2.33. The number of anilines is 2. The number of piperidine rings is 1. The lowest BCUT2D eigenvalue weighted by atomic mass is 10.1.